The summed E-state index contributed by atoms with van der Waals surface area (Å²) in [6, 6.07) is 6.45. The smallest absolute Gasteiger partial charge is 0.246 e. The van der Waals surface area contributed by atoms with Gasteiger partial charge in [-0.2, -0.15) is 13.7 Å². The predicted molar refractivity (Wildman–Crippen MR) is 121 cm³/mol. The summed E-state index contributed by atoms with van der Waals surface area (Å²) in [6.07, 6.45) is 1.92. The van der Waals surface area contributed by atoms with Crippen LogP contribution in [-0.2, 0) is 27.1 Å². The minimum atomic E-state index is -3.78. The Hall–Kier alpha value is -2.54. The molecule has 12 heteroatoms. The molecular formula is C21H27N5O5S2. The summed E-state index contributed by atoms with van der Waals surface area (Å²) in [5, 5.41) is 4.21. The van der Waals surface area contributed by atoms with Crippen molar-refractivity contribution in [3.05, 3.63) is 47.8 Å². The number of rotatable bonds is 5. The van der Waals surface area contributed by atoms with Gasteiger partial charge in [0.15, 0.2) is 5.89 Å². The van der Waals surface area contributed by atoms with Gasteiger partial charge >= 0.3 is 0 Å². The third-order valence-electron chi connectivity index (χ3n) is 5.86. The number of aryl methyl sites for hydroxylation is 3. The summed E-state index contributed by atoms with van der Waals surface area (Å²) in [5.74, 6) is 0.530. The van der Waals surface area contributed by atoms with Crippen molar-refractivity contribution in [1.29, 1.82) is 0 Å². The number of aromatic nitrogens is 3. The first-order valence-electron chi connectivity index (χ1n) is 10.5. The number of nitrogens with zero attached hydrogens (tertiary/aromatic N) is 5. The van der Waals surface area contributed by atoms with Crippen LogP contribution in [0.25, 0.3) is 11.3 Å². The van der Waals surface area contributed by atoms with Gasteiger partial charge in [-0.25, -0.2) is 21.8 Å². The molecule has 1 saturated heterocycles. The average Bonchev–Trinajstić information content (AvgIpc) is 3.18. The monoisotopic (exact) mass is 493 g/mol. The van der Waals surface area contributed by atoms with Crippen LogP contribution in [0, 0.1) is 20.8 Å². The Morgan fingerprint density at radius 1 is 0.879 bits per heavy atom. The molecule has 33 heavy (non-hydrogen) atoms. The molecule has 178 valence electrons. The lowest BCUT2D eigenvalue weighted by atomic mass is 10.2. The van der Waals surface area contributed by atoms with E-state index < -0.39 is 20.0 Å². The van der Waals surface area contributed by atoms with Crippen LogP contribution in [0.3, 0.4) is 0 Å². The van der Waals surface area contributed by atoms with Crippen LogP contribution >= 0.6 is 0 Å². The molecule has 0 unspecified atom stereocenters. The van der Waals surface area contributed by atoms with Gasteiger partial charge in [0.05, 0.1) is 16.3 Å². The number of benzene rings is 1. The zero-order valence-electron chi connectivity index (χ0n) is 19.0. The van der Waals surface area contributed by atoms with Crippen LogP contribution in [0.1, 0.15) is 23.7 Å². The number of oxazole rings is 1. The second-order valence-electron chi connectivity index (χ2n) is 8.06. The lowest BCUT2D eigenvalue weighted by Crippen LogP contribution is -2.37. The first-order valence-corrected chi connectivity index (χ1v) is 13.4. The maximum atomic E-state index is 13.3. The van der Waals surface area contributed by atoms with Crippen molar-refractivity contribution in [3.8, 4) is 11.3 Å². The topological polar surface area (TPSA) is 119 Å². The van der Waals surface area contributed by atoms with E-state index in [2.05, 4.69) is 10.1 Å². The van der Waals surface area contributed by atoms with Crippen molar-refractivity contribution in [2.24, 2.45) is 7.05 Å². The Morgan fingerprint density at radius 2 is 1.48 bits per heavy atom. The maximum Gasteiger partial charge on any atom is 0.246 e. The second-order valence-corrected chi connectivity index (χ2v) is 11.9. The fraction of sp³-hybridized carbons (Fsp3) is 0.429. The largest absolute Gasteiger partial charge is 0.449 e. The molecule has 0 atom stereocenters. The lowest BCUT2D eigenvalue weighted by molar-refractivity contribution is 0.404. The number of hydrogen-bond donors (Lipinski definition) is 0. The van der Waals surface area contributed by atoms with Crippen molar-refractivity contribution in [2.75, 3.05) is 26.2 Å². The van der Waals surface area contributed by atoms with E-state index in [0.29, 0.717) is 29.4 Å². The van der Waals surface area contributed by atoms with Crippen molar-refractivity contribution < 1.29 is 21.3 Å². The first kappa shape index (κ1) is 23.6. The highest BCUT2D eigenvalue weighted by atomic mass is 32.2. The minimum Gasteiger partial charge on any atom is -0.449 e. The molecule has 1 fully saturated rings. The molecule has 10 nitrogen and oxygen atoms in total. The summed E-state index contributed by atoms with van der Waals surface area (Å²) >= 11 is 0. The molecule has 2 aromatic heterocycles. The Bertz CT molecular complexity index is 1370. The molecule has 1 aliphatic rings. The van der Waals surface area contributed by atoms with Crippen LogP contribution in [-0.4, -0.2) is 66.4 Å². The summed E-state index contributed by atoms with van der Waals surface area (Å²) in [4.78, 5) is 4.60. The SMILES string of the molecule is Cc1nc(-c2ccc(S(=O)(=O)N3CCCN(S(=O)(=O)c4c(C)nn(C)c4C)CC3)cc2)co1. The van der Waals surface area contributed by atoms with Gasteiger partial charge in [0.2, 0.25) is 20.0 Å². The van der Waals surface area contributed by atoms with Crippen LogP contribution in [0.15, 0.2) is 44.7 Å². The third-order valence-corrected chi connectivity index (χ3v) is 9.93. The van der Waals surface area contributed by atoms with Gasteiger partial charge in [-0.15, -0.1) is 0 Å². The molecule has 0 radical (unpaired) electrons. The summed E-state index contributed by atoms with van der Waals surface area (Å²) in [6.45, 7) is 5.75. The lowest BCUT2D eigenvalue weighted by Gasteiger charge is -2.22. The Kier molecular flexibility index (Phi) is 6.20. The quantitative estimate of drug-likeness (QED) is 0.534. The third kappa shape index (κ3) is 4.35. The zero-order valence-corrected chi connectivity index (χ0v) is 20.6. The highest BCUT2D eigenvalue weighted by Crippen LogP contribution is 2.26. The Labute approximate surface area is 193 Å². The van der Waals surface area contributed by atoms with Crippen LogP contribution in [0.5, 0.6) is 0 Å². The molecular weight excluding hydrogens is 466 g/mol. The maximum absolute atomic E-state index is 13.3. The predicted octanol–water partition coefficient (Wildman–Crippen LogP) is 2.09. The molecule has 0 amide bonds. The molecule has 4 rings (SSSR count). The molecule has 3 heterocycles. The average molecular weight is 494 g/mol. The Balaban J connectivity index is 1.53. The van der Waals surface area contributed by atoms with Gasteiger partial charge in [0, 0.05) is 45.7 Å². The van der Waals surface area contributed by atoms with E-state index in [9.17, 15) is 16.8 Å². The number of sulfonamides is 2. The fourth-order valence-electron chi connectivity index (χ4n) is 4.05. The first-order chi connectivity index (χ1) is 15.5. The standard InChI is InChI=1S/C21H27N5O5S2/c1-15-21(16(2)24(4)23-15)33(29,30)26-11-5-10-25(12-13-26)32(27,28)19-8-6-18(7-9-19)20-14-31-17(3)22-20/h6-9,14H,5,10-13H2,1-4H3. The van der Waals surface area contributed by atoms with Gasteiger partial charge in [-0.3, -0.25) is 4.68 Å². The molecule has 1 aliphatic heterocycles. The van der Waals surface area contributed by atoms with Gasteiger partial charge in [0.1, 0.15) is 16.9 Å². The molecule has 0 bridgehead atoms. The molecule has 3 aromatic rings. The van der Waals surface area contributed by atoms with Crippen molar-refractivity contribution in [3.63, 3.8) is 0 Å². The highest BCUT2D eigenvalue weighted by Gasteiger charge is 2.34. The van der Waals surface area contributed by atoms with Crippen LogP contribution in [0.4, 0.5) is 0 Å². The van der Waals surface area contributed by atoms with Gasteiger partial charge < -0.3 is 4.42 Å². The zero-order chi connectivity index (χ0) is 24.0. The summed E-state index contributed by atoms with van der Waals surface area (Å²) in [5.41, 5.74) is 2.38. The van der Waals surface area contributed by atoms with Gasteiger partial charge in [0.25, 0.3) is 0 Å². The normalized spacial score (nSPS) is 16.7. The van der Waals surface area contributed by atoms with E-state index in [-0.39, 0.29) is 36.0 Å². The van der Waals surface area contributed by atoms with E-state index in [1.165, 1.54) is 27.0 Å². The van der Waals surface area contributed by atoms with Crippen molar-refractivity contribution in [2.45, 2.75) is 37.0 Å². The fourth-order valence-corrected chi connectivity index (χ4v) is 7.39. The van der Waals surface area contributed by atoms with Gasteiger partial charge in [-0.1, -0.05) is 12.1 Å². The van der Waals surface area contributed by atoms with E-state index in [1.807, 2.05) is 0 Å². The highest BCUT2D eigenvalue weighted by molar-refractivity contribution is 7.89. The van der Waals surface area contributed by atoms with Crippen molar-refractivity contribution >= 4 is 20.0 Å². The molecule has 0 spiro atoms. The van der Waals surface area contributed by atoms with E-state index in [4.69, 9.17) is 4.42 Å². The molecule has 1 aromatic carbocycles. The van der Waals surface area contributed by atoms with E-state index in [1.54, 1.807) is 44.6 Å². The Morgan fingerprint density at radius 3 is 2.00 bits per heavy atom. The molecule has 0 saturated carbocycles. The van der Waals surface area contributed by atoms with E-state index in [0.717, 1.165) is 5.56 Å². The van der Waals surface area contributed by atoms with Gasteiger partial charge in [-0.05, 0) is 32.4 Å². The minimum absolute atomic E-state index is 0.0736. The summed E-state index contributed by atoms with van der Waals surface area (Å²) in [7, 11) is -5.85. The van der Waals surface area contributed by atoms with Crippen LogP contribution in [0.2, 0.25) is 0 Å². The molecule has 0 aliphatic carbocycles. The van der Waals surface area contributed by atoms with Crippen LogP contribution < -0.4 is 0 Å². The van der Waals surface area contributed by atoms with Crippen molar-refractivity contribution in [1.82, 2.24) is 23.4 Å². The van der Waals surface area contributed by atoms with E-state index >= 15 is 0 Å². The number of hydrogen-bond acceptors (Lipinski definition) is 7. The summed E-state index contributed by atoms with van der Waals surface area (Å²) < 4.78 is 62.5. The molecule has 0 N–H and O–H groups in total. The second kappa shape index (κ2) is 8.67.